The molecule has 0 aliphatic carbocycles. The van der Waals surface area contributed by atoms with Crippen molar-refractivity contribution in [2.75, 3.05) is 32.6 Å². The highest BCUT2D eigenvalue weighted by atomic mass is 32.2. The molecule has 0 amide bonds. The van der Waals surface area contributed by atoms with Gasteiger partial charge in [-0.3, -0.25) is 0 Å². The van der Waals surface area contributed by atoms with E-state index in [1.54, 1.807) is 6.92 Å². The number of sulfonamides is 1. The molecule has 0 fully saturated rings. The Morgan fingerprint density at radius 3 is 2.47 bits per heavy atom. The van der Waals surface area contributed by atoms with E-state index in [1.165, 1.54) is 11.4 Å². The molecule has 0 aliphatic rings. The fourth-order valence-corrected chi connectivity index (χ4v) is 2.18. The lowest BCUT2D eigenvalue weighted by Gasteiger charge is -2.20. The fourth-order valence-electron chi connectivity index (χ4n) is 1.00. The Bertz CT molecular complexity index is 290. The molecule has 15 heavy (non-hydrogen) atoms. The quantitative estimate of drug-likeness (QED) is 0.615. The van der Waals surface area contributed by atoms with Crippen molar-refractivity contribution in [3.63, 3.8) is 0 Å². The van der Waals surface area contributed by atoms with Crippen LogP contribution in [0.5, 0.6) is 0 Å². The third-order valence-electron chi connectivity index (χ3n) is 1.91. The van der Waals surface area contributed by atoms with Gasteiger partial charge in [0.2, 0.25) is 10.0 Å². The summed E-state index contributed by atoms with van der Waals surface area (Å²) in [5.41, 5.74) is 5.33. The summed E-state index contributed by atoms with van der Waals surface area (Å²) in [7, 11) is -1.66. The molecule has 0 saturated heterocycles. The highest BCUT2D eigenvalue weighted by Crippen LogP contribution is 2.02. The number of methoxy groups -OCH3 is 1. The van der Waals surface area contributed by atoms with Crippen LogP contribution in [0.3, 0.4) is 0 Å². The maximum atomic E-state index is 11.6. The molecule has 5 nitrogen and oxygen atoms in total. The molecule has 0 aromatic rings. The Morgan fingerprint density at radius 1 is 1.47 bits per heavy atom. The summed E-state index contributed by atoms with van der Waals surface area (Å²) in [6, 6.07) is 0. The van der Waals surface area contributed by atoms with Crippen molar-refractivity contribution in [2.24, 2.45) is 5.73 Å². The Morgan fingerprint density at radius 2 is 2.07 bits per heavy atom. The number of nitrogens with zero attached hydrogens (tertiary/aromatic N) is 1. The van der Waals surface area contributed by atoms with Gasteiger partial charge in [-0.25, -0.2) is 8.42 Å². The van der Waals surface area contributed by atoms with Crippen LogP contribution in [-0.2, 0) is 14.8 Å². The highest BCUT2D eigenvalue weighted by Gasteiger charge is 2.19. The molecule has 0 bridgehead atoms. The maximum absolute atomic E-state index is 11.6. The minimum Gasteiger partial charge on any atom is -0.393 e. The number of rotatable bonds is 8. The largest absolute Gasteiger partial charge is 0.393 e. The lowest BCUT2D eigenvalue weighted by molar-refractivity contribution is 0.180. The second-order valence-electron chi connectivity index (χ2n) is 3.01. The van der Waals surface area contributed by atoms with Gasteiger partial charge in [0.25, 0.3) is 0 Å². The first-order valence-corrected chi connectivity index (χ1v) is 6.70. The van der Waals surface area contributed by atoms with Gasteiger partial charge in [-0.2, -0.15) is 4.31 Å². The molecule has 0 saturated carbocycles. The van der Waals surface area contributed by atoms with Gasteiger partial charge in [0, 0.05) is 26.6 Å². The average Bonchev–Trinajstić information content (AvgIpc) is 2.17. The summed E-state index contributed by atoms with van der Waals surface area (Å²) >= 11 is 4.71. The van der Waals surface area contributed by atoms with Crippen LogP contribution in [0.1, 0.15) is 13.3 Å². The van der Waals surface area contributed by atoms with Gasteiger partial charge >= 0.3 is 0 Å². The molecular formula is C8H18N2O3S2. The molecule has 7 heteroatoms. The van der Waals surface area contributed by atoms with Crippen molar-refractivity contribution in [1.82, 2.24) is 4.31 Å². The average molecular weight is 254 g/mol. The topological polar surface area (TPSA) is 72.6 Å². The van der Waals surface area contributed by atoms with Crippen LogP contribution in [-0.4, -0.2) is 50.3 Å². The molecule has 0 unspecified atom stereocenters. The monoisotopic (exact) mass is 254 g/mol. The molecule has 0 aliphatic heterocycles. The highest BCUT2D eigenvalue weighted by molar-refractivity contribution is 7.89. The van der Waals surface area contributed by atoms with Gasteiger partial charge in [0.05, 0.1) is 17.3 Å². The maximum Gasteiger partial charge on any atom is 0.213 e. The SMILES string of the molecule is CCS(=O)(=O)N(CCOC)CCC(N)=S. The number of hydrogen-bond acceptors (Lipinski definition) is 4. The van der Waals surface area contributed by atoms with Crippen LogP contribution >= 0.6 is 12.2 Å². The molecular weight excluding hydrogens is 236 g/mol. The van der Waals surface area contributed by atoms with Crippen LogP contribution in [0.15, 0.2) is 0 Å². The summed E-state index contributed by atoms with van der Waals surface area (Å²) in [5, 5.41) is 0. The van der Waals surface area contributed by atoms with Crippen LogP contribution in [0.2, 0.25) is 0 Å². The Kier molecular flexibility index (Phi) is 6.99. The van der Waals surface area contributed by atoms with E-state index in [2.05, 4.69) is 0 Å². The van der Waals surface area contributed by atoms with E-state index >= 15 is 0 Å². The molecule has 0 atom stereocenters. The van der Waals surface area contributed by atoms with E-state index in [1.807, 2.05) is 0 Å². The van der Waals surface area contributed by atoms with Gasteiger partial charge in [0.1, 0.15) is 0 Å². The lowest BCUT2D eigenvalue weighted by atomic mass is 10.4. The van der Waals surface area contributed by atoms with Crippen LogP contribution in [0, 0.1) is 0 Å². The standard InChI is InChI=1S/C8H18N2O3S2/c1-3-15(11,12)10(6-7-13-2)5-4-8(9)14/h3-7H2,1-2H3,(H2,9,14). The molecule has 0 aromatic heterocycles. The van der Waals surface area contributed by atoms with E-state index in [9.17, 15) is 8.42 Å². The first-order chi connectivity index (χ1) is 6.94. The summed E-state index contributed by atoms with van der Waals surface area (Å²) < 4.78 is 29.4. The van der Waals surface area contributed by atoms with Crippen molar-refractivity contribution in [3.05, 3.63) is 0 Å². The zero-order chi connectivity index (χ0) is 11.9. The summed E-state index contributed by atoms with van der Waals surface area (Å²) in [6.07, 6.45) is 0.401. The Labute approximate surface area is 96.6 Å². The third-order valence-corrected chi connectivity index (χ3v) is 4.00. The van der Waals surface area contributed by atoms with E-state index < -0.39 is 10.0 Å². The lowest BCUT2D eigenvalue weighted by Crippen LogP contribution is -2.37. The molecule has 0 heterocycles. The van der Waals surface area contributed by atoms with E-state index in [4.69, 9.17) is 22.7 Å². The molecule has 0 radical (unpaired) electrons. The zero-order valence-corrected chi connectivity index (χ0v) is 10.7. The number of ether oxygens (including phenoxy) is 1. The summed E-state index contributed by atoms with van der Waals surface area (Å²) in [4.78, 5) is 0.323. The second-order valence-corrected chi connectivity index (χ2v) is 5.79. The predicted octanol–water partition coefficient (Wildman–Crippen LogP) is -0.0393. The van der Waals surface area contributed by atoms with Crippen molar-refractivity contribution in [3.8, 4) is 0 Å². The Hall–Kier alpha value is -0.240. The molecule has 0 spiro atoms. The van der Waals surface area contributed by atoms with Crippen LogP contribution < -0.4 is 5.73 Å². The van der Waals surface area contributed by atoms with E-state index in [0.29, 0.717) is 31.1 Å². The smallest absolute Gasteiger partial charge is 0.213 e. The molecule has 2 N–H and O–H groups in total. The fraction of sp³-hybridized carbons (Fsp3) is 0.875. The van der Waals surface area contributed by atoms with Gasteiger partial charge in [-0.05, 0) is 6.92 Å². The summed E-state index contributed by atoms with van der Waals surface area (Å²) in [5.74, 6) is 0.0774. The predicted molar refractivity (Wildman–Crippen MR) is 64.3 cm³/mol. The zero-order valence-electron chi connectivity index (χ0n) is 9.10. The van der Waals surface area contributed by atoms with Crippen LogP contribution in [0.4, 0.5) is 0 Å². The molecule has 0 aromatic carbocycles. The first kappa shape index (κ1) is 14.8. The molecule has 0 rings (SSSR count). The van der Waals surface area contributed by atoms with Crippen LogP contribution in [0.25, 0.3) is 0 Å². The Balaban J connectivity index is 4.37. The van der Waals surface area contributed by atoms with Crippen molar-refractivity contribution in [2.45, 2.75) is 13.3 Å². The minimum absolute atomic E-state index is 0.0774. The van der Waals surface area contributed by atoms with E-state index in [-0.39, 0.29) is 5.75 Å². The normalized spacial score (nSPS) is 11.9. The second kappa shape index (κ2) is 7.10. The minimum atomic E-state index is -3.19. The van der Waals surface area contributed by atoms with Crippen molar-refractivity contribution in [1.29, 1.82) is 0 Å². The van der Waals surface area contributed by atoms with Crippen molar-refractivity contribution < 1.29 is 13.2 Å². The number of hydrogen-bond donors (Lipinski definition) is 1. The van der Waals surface area contributed by atoms with Gasteiger partial charge in [-0.1, -0.05) is 12.2 Å². The van der Waals surface area contributed by atoms with Crippen molar-refractivity contribution >= 4 is 27.2 Å². The number of thiocarbonyl (C=S) groups is 1. The van der Waals surface area contributed by atoms with Gasteiger partial charge < -0.3 is 10.5 Å². The van der Waals surface area contributed by atoms with E-state index in [0.717, 1.165) is 0 Å². The number of nitrogens with two attached hydrogens (primary N) is 1. The van der Waals surface area contributed by atoms with Gasteiger partial charge in [0.15, 0.2) is 0 Å². The third kappa shape index (κ3) is 6.03. The first-order valence-electron chi connectivity index (χ1n) is 4.69. The summed E-state index contributed by atoms with van der Waals surface area (Å²) in [6.45, 7) is 2.65. The van der Waals surface area contributed by atoms with Gasteiger partial charge in [-0.15, -0.1) is 0 Å². The molecule has 90 valence electrons.